The average molecular weight is 383 g/mol. The number of nitrogens with one attached hydrogen (secondary N) is 2. The highest BCUT2D eigenvalue weighted by atomic mass is 32.2. The molecule has 0 radical (unpaired) electrons. The standard InChI is InChI=1S/C16H21N3O6S/c1-5-9-17-26(22,23)18-14(20)19(4)15(21)24-12-8-6-7-11-10-16(2,3)25-13(11)12/h5-8,17H,1,9-10H2,2-4H3,(H,18,20). The van der Waals surface area contributed by atoms with E-state index >= 15 is 0 Å². The van der Waals surface area contributed by atoms with Crippen LogP contribution in [-0.2, 0) is 16.6 Å². The number of nitrogens with zero attached hydrogens (tertiary/aromatic N) is 1. The molecule has 0 spiro atoms. The summed E-state index contributed by atoms with van der Waals surface area (Å²) in [7, 11) is -3.02. The number of fused-ring (bicyclic) bond motifs is 1. The fourth-order valence-electron chi connectivity index (χ4n) is 2.30. The molecule has 0 atom stereocenters. The SMILES string of the molecule is C=CCNS(=O)(=O)NC(=O)N(C)C(=O)Oc1cccc2c1OC(C)(C)C2. The number of imide groups is 1. The zero-order valence-electron chi connectivity index (χ0n) is 14.7. The Morgan fingerprint density at radius 1 is 1.42 bits per heavy atom. The molecular formula is C16H21N3O6S. The van der Waals surface area contributed by atoms with Crippen molar-refractivity contribution in [1.29, 1.82) is 0 Å². The van der Waals surface area contributed by atoms with Gasteiger partial charge in [0.15, 0.2) is 11.5 Å². The first-order valence-electron chi connectivity index (χ1n) is 7.73. The average Bonchev–Trinajstić information content (AvgIpc) is 2.86. The maximum Gasteiger partial charge on any atom is 0.423 e. The van der Waals surface area contributed by atoms with E-state index in [1.807, 2.05) is 24.6 Å². The van der Waals surface area contributed by atoms with Crippen molar-refractivity contribution in [1.82, 2.24) is 14.3 Å². The summed E-state index contributed by atoms with van der Waals surface area (Å²) in [4.78, 5) is 24.6. The lowest BCUT2D eigenvalue weighted by Gasteiger charge is -2.19. The minimum Gasteiger partial charge on any atom is -0.483 e. The van der Waals surface area contributed by atoms with Crippen LogP contribution < -0.4 is 18.9 Å². The minimum atomic E-state index is -4.11. The Bertz CT molecular complexity index is 834. The lowest BCUT2D eigenvalue weighted by molar-refractivity contribution is 0.129. The van der Waals surface area contributed by atoms with Gasteiger partial charge in [0.1, 0.15) is 5.60 Å². The van der Waals surface area contributed by atoms with E-state index in [9.17, 15) is 18.0 Å². The molecule has 0 aromatic heterocycles. The van der Waals surface area contributed by atoms with Gasteiger partial charge in [0.25, 0.3) is 0 Å². The highest BCUT2D eigenvalue weighted by Gasteiger charge is 2.33. The van der Waals surface area contributed by atoms with Crippen molar-refractivity contribution in [2.45, 2.75) is 25.9 Å². The normalized spacial score (nSPS) is 14.7. The van der Waals surface area contributed by atoms with Crippen LogP contribution in [0.25, 0.3) is 0 Å². The van der Waals surface area contributed by atoms with Crippen molar-refractivity contribution >= 4 is 22.3 Å². The number of carbonyl (C=O) groups excluding carboxylic acids is 2. The zero-order chi connectivity index (χ0) is 19.5. The first-order chi connectivity index (χ1) is 12.0. The van der Waals surface area contributed by atoms with Gasteiger partial charge in [-0.25, -0.2) is 19.2 Å². The van der Waals surface area contributed by atoms with Crippen LogP contribution in [0, 0.1) is 0 Å². The van der Waals surface area contributed by atoms with E-state index in [4.69, 9.17) is 9.47 Å². The summed E-state index contributed by atoms with van der Waals surface area (Å²) in [5.41, 5.74) is 0.447. The van der Waals surface area contributed by atoms with E-state index in [1.54, 1.807) is 10.8 Å². The number of hydrogen-bond acceptors (Lipinski definition) is 6. The van der Waals surface area contributed by atoms with Crippen LogP contribution in [-0.4, -0.2) is 44.6 Å². The fraction of sp³-hybridized carbons (Fsp3) is 0.375. The molecule has 0 bridgehead atoms. The molecule has 0 saturated carbocycles. The lowest BCUT2D eigenvalue weighted by atomic mass is 10.0. The molecule has 0 fully saturated rings. The van der Waals surface area contributed by atoms with Crippen LogP contribution >= 0.6 is 0 Å². The molecule has 142 valence electrons. The number of urea groups is 1. The third-order valence-electron chi connectivity index (χ3n) is 3.47. The van der Waals surface area contributed by atoms with Crippen LogP contribution in [0.3, 0.4) is 0 Å². The van der Waals surface area contributed by atoms with E-state index in [0.29, 0.717) is 17.1 Å². The Labute approximate surface area is 152 Å². The maximum absolute atomic E-state index is 12.2. The second-order valence-corrected chi connectivity index (χ2v) is 7.76. The zero-order valence-corrected chi connectivity index (χ0v) is 15.6. The van der Waals surface area contributed by atoms with Gasteiger partial charge in [0, 0.05) is 25.6 Å². The predicted octanol–water partition coefficient (Wildman–Crippen LogP) is 1.56. The molecular weight excluding hydrogens is 362 g/mol. The van der Waals surface area contributed by atoms with Crippen LogP contribution in [0.4, 0.5) is 9.59 Å². The van der Waals surface area contributed by atoms with Gasteiger partial charge in [0.05, 0.1) is 0 Å². The summed E-state index contributed by atoms with van der Waals surface area (Å²) in [6, 6.07) is 3.93. The van der Waals surface area contributed by atoms with Gasteiger partial charge in [-0.2, -0.15) is 13.1 Å². The van der Waals surface area contributed by atoms with E-state index in [2.05, 4.69) is 6.58 Å². The van der Waals surface area contributed by atoms with Gasteiger partial charge in [-0.15, -0.1) is 6.58 Å². The van der Waals surface area contributed by atoms with Crippen molar-refractivity contribution < 1.29 is 27.5 Å². The van der Waals surface area contributed by atoms with Gasteiger partial charge in [0.2, 0.25) is 0 Å². The summed E-state index contributed by atoms with van der Waals surface area (Å²) in [5, 5.41) is 0. The summed E-state index contributed by atoms with van der Waals surface area (Å²) in [6.45, 7) is 7.09. The molecule has 1 heterocycles. The Morgan fingerprint density at radius 3 is 2.77 bits per heavy atom. The number of para-hydroxylation sites is 1. The van der Waals surface area contributed by atoms with Crippen molar-refractivity contribution in [3.05, 3.63) is 36.4 Å². The third kappa shape index (κ3) is 4.73. The summed E-state index contributed by atoms with van der Waals surface area (Å²) < 4.78 is 38.0. The molecule has 0 unspecified atom stereocenters. The Balaban J connectivity index is 2.06. The summed E-state index contributed by atoms with van der Waals surface area (Å²) >= 11 is 0. The topological polar surface area (TPSA) is 114 Å². The van der Waals surface area contributed by atoms with Crippen molar-refractivity contribution in [3.8, 4) is 11.5 Å². The Morgan fingerprint density at radius 2 is 2.12 bits per heavy atom. The Kier molecular flexibility index (Phi) is 5.57. The quantitative estimate of drug-likeness (QED) is 0.746. The highest BCUT2D eigenvalue weighted by molar-refractivity contribution is 7.88. The molecule has 10 heteroatoms. The molecule has 2 rings (SSSR count). The monoisotopic (exact) mass is 383 g/mol. The smallest absolute Gasteiger partial charge is 0.423 e. The maximum atomic E-state index is 12.2. The van der Waals surface area contributed by atoms with Gasteiger partial charge in [-0.3, -0.25) is 0 Å². The molecule has 3 amide bonds. The molecule has 1 aliphatic rings. The van der Waals surface area contributed by atoms with E-state index < -0.39 is 27.9 Å². The lowest BCUT2D eigenvalue weighted by Crippen LogP contribution is -2.48. The summed E-state index contributed by atoms with van der Waals surface area (Å²) in [5.74, 6) is 0.588. The van der Waals surface area contributed by atoms with Gasteiger partial charge in [-0.1, -0.05) is 18.2 Å². The van der Waals surface area contributed by atoms with Gasteiger partial charge >= 0.3 is 22.3 Å². The fourth-order valence-corrected chi connectivity index (χ4v) is 3.08. The molecule has 1 aliphatic heterocycles. The number of hydrogen-bond donors (Lipinski definition) is 2. The predicted molar refractivity (Wildman–Crippen MR) is 94.3 cm³/mol. The number of carbonyl (C=O) groups is 2. The summed E-state index contributed by atoms with van der Waals surface area (Å²) in [6.07, 6.45) is 0.902. The Hall–Kier alpha value is -2.59. The number of rotatable bonds is 5. The second-order valence-electron chi connectivity index (χ2n) is 6.26. The van der Waals surface area contributed by atoms with Gasteiger partial charge in [-0.05, 0) is 19.9 Å². The van der Waals surface area contributed by atoms with Crippen molar-refractivity contribution in [2.24, 2.45) is 0 Å². The van der Waals surface area contributed by atoms with Crippen molar-refractivity contribution in [3.63, 3.8) is 0 Å². The molecule has 2 N–H and O–H groups in total. The van der Waals surface area contributed by atoms with Crippen LogP contribution in [0.5, 0.6) is 11.5 Å². The first-order valence-corrected chi connectivity index (χ1v) is 9.22. The molecule has 0 saturated heterocycles. The largest absolute Gasteiger partial charge is 0.483 e. The second kappa shape index (κ2) is 7.34. The van der Waals surface area contributed by atoms with Crippen LogP contribution in [0.1, 0.15) is 19.4 Å². The van der Waals surface area contributed by atoms with E-state index in [0.717, 1.165) is 12.6 Å². The molecule has 1 aromatic carbocycles. The molecule has 1 aromatic rings. The number of ether oxygens (including phenoxy) is 2. The van der Waals surface area contributed by atoms with Crippen LogP contribution in [0.15, 0.2) is 30.9 Å². The van der Waals surface area contributed by atoms with Gasteiger partial charge < -0.3 is 9.47 Å². The molecule has 26 heavy (non-hydrogen) atoms. The number of benzene rings is 1. The van der Waals surface area contributed by atoms with Crippen LogP contribution in [0.2, 0.25) is 0 Å². The minimum absolute atomic E-state index is 0.0694. The van der Waals surface area contributed by atoms with Crippen molar-refractivity contribution in [2.75, 3.05) is 13.6 Å². The molecule has 9 nitrogen and oxygen atoms in total. The molecule has 0 aliphatic carbocycles. The third-order valence-corrected chi connectivity index (χ3v) is 4.46. The number of amides is 3. The first kappa shape index (κ1) is 19.7. The van der Waals surface area contributed by atoms with E-state index in [1.165, 1.54) is 12.1 Å². The van der Waals surface area contributed by atoms with E-state index in [-0.39, 0.29) is 12.3 Å². The highest BCUT2D eigenvalue weighted by Crippen LogP contribution is 2.41.